The molecule has 1 aliphatic carbocycles. The second-order valence-corrected chi connectivity index (χ2v) is 11.8. The van der Waals surface area contributed by atoms with Crippen molar-refractivity contribution in [3.63, 3.8) is 0 Å². The SMILES string of the molecule is CC(=O)c1c(C)c2cnc(Nc3ccc(N4CCC(C)(N5CCNCC5)CC4)cn3)nc2n(C2CCCC2)c1=O. The van der Waals surface area contributed by atoms with Gasteiger partial charge in [-0.05, 0) is 64.2 Å². The van der Waals surface area contributed by atoms with E-state index in [1.54, 1.807) is 10.8 Å². The molecule has 2 N–H and O–H groups in total. The van der Waals surface area contributed by atoms with Gasteiger partial charge in [0, 0.05) is 62.4 Å². The van der Waals surface area contributed by atoms with E-state index >= 15 is 0 Å². The number of piperidine rings is 1. The number of hydrogen-bond donors (Lipinski definition) is 2. The van der Waals surface area contributed by atoms with E-state index in [0.29, 0.717) is 23.0 Å². The van der Waals surface area contributed by atoms with Crippen molar-refractivity contribution in [2.45, 2.75) is 70.9 Å². The monoisotopic (exact) mass is 544 g/mol. The first-order chi connectivity index (χ1) is 19.3. The van der Waals surface area contributed by atoms with Gasteiger partial charge in [0.1, 0.15) is 11.5 Å². The van der Waals surface area contributed by atoms with Crippen molar-refractivity contribution < 1.29 is 4.79 Å². The lowest BCUT2D eigenvalue weighted by atomic mass is 9.87. The van der Waals surface area contributed by atoms with E-state index in [1.165, 1.54) is 6.92 Å². The number of fused-ring (bicyclic) bond motifs is 1. The van der Waals surface area contributed by atoms with E-state index in [1.807, 2.05) is 19.2 Å². The Bertz CT molecular complexity index is 1450. The van der Waals surface area contributed by atoms with Gasteiger partial charge in [-0.3, -0.25) is 19.1 Å². The Kier molecular flexibility index (Phi) is 7.31. The first-order valence-electron chi connectivity index (χ1n) is 14.7. The Morgan fingerprint density at radius 3 is 2.42 bits per heavy atom. The molecule has 2 saturated heterocycles. The number of ketones is 1. The highest BCUT2D eigenvalue weighted by Crippen LogP contribution is 2.33. The lowest BCUT2D eigenvalue weighted by Crippen LogP contribution is -2.58. The van der Waals surface area contributed by atoms with E-state index in [2.05, 4.69) is 43.4 Å². The number of aryl methyl sites for hydroxylation is 1. The third-order valence-electron chi connectivity index (χ3n) is 9.32. The highest BCUT2D eigenvalue weighted by molar-refractivity contribution is 5.99. The number of anilines is 3. The maximum Gasteiger partial charge on any atom is 0.263 e. The van der Waals surface area contributed by atoms with Gasteiger partial charge in [-0.1, -0.05) is 12.8 Å². The van der Waals surface area contributed by atoms with Gasteiger partial charge in [0.15, 0.2) is 5.78 Å². The maximum atomic E-state index is 13.5. The Labute approximate surface area is 235 Å². The van der Waals surface area contributed by atoms with Gasteiger partial charge in [0.2, 0.25) is 5.95 Å². The van der Waals surface area contributed by atoms with Crippen LogP contribution in [-0.4, -0.2) is 75.0 Å². The molecule has 212 valence electrons. The summed E-state index contributed by atoms with van der Waals surface area (Å²) in [6, 6.07) is 4.11. The second-order valence-electron chi connectivity index (χ2n) is 11.8. The number of rotatable bonds is 6. The van der Waals surface area contributed by atoms with Crippen molar-refractivity contribution in [1.82, 2.24) is 29.7 Å². The topological polar surface area (TPSA) is 108 Å². The summed E-state index contributed by atoms with van der Waals surface area (Å²) < 4.78 is 1.74. The summed E-state index contributed by atoms with van der Waals surface area (Å²) in [5.41, 5.74) is 2.61. The Balaban J connectivity index is 1.21. The van der Waals surface area contributed by atoms with Crippen LogP contribution in [0, 0.1) is 6.92 Å². The molecule has 0 amide bonds. The molecule has 6 rings (SSSR count). The van der Waals surface area contributed by atoms with Crippen molar-refractivity contribution in [2.75, 3.05) is 49.5 Å². The zero-order valence-electron chi connectivity index (χ0n) is 23.9. The van der Waals surface area contributed by atoms with Crippen LogP contribution in [0.25, 0.3) is 11.0 Å². The van der Waals surface area contributed by atoms with Gasteiger partial charge in [-0.15, -0.1) is 0 Å². The number of pyridine rings is 2. The lowest BCUT2D eigenvalue weighted by molar-refractivity contribution is 0.0659. The molecule has 0 spiro atoms. The molecule has 3 aliphatic rings. The van der Waals surface area contributed by atoms with Gasteiger partial charge in [-0.2, -0.15) is 4.98 Å². The highest BCUT2D eigenvalue weighted by atomic mass is 16.1. The van der Waals surface area contributed by atoms with Crippen LogP contribution in [0.15, 0.2) is 29.3 Å². The number of carbonyl (C=O) groups is 1. The molecule has 0 unspecified atom stereocenters. The quantitative estimate of drug-likeness (QED) is 0.448. The molecular weight excluding hydrogens is 504 g/mol. The van der Waals surface area contributed by atoms with Crippen LogP contribution < -0.4 is 21.1 Å². The molecule has 0 bridgehead atoms. The molecule has 0 aromatic carbocycles. The zero-order valence-corrected chi connectivity index (χ0v) is 23.9. The van der Waals surface area contributed by atoms with E-state index in [0.717, 1.165) is 88.9 Å². The number of aromatic nitrogens is 4. The van der Waals surface area contributed by atoms with Crippen LogP contribution in [0.5, 0.6) is 0 Å². The van der Waals surface area contributed by atoms with Crippen LogP contribution in [0.1, 0.15) is 74.3 Å². The fraction of sp³-hybridized carbons (Fsp3) is 0.567. The van der Waals surface area contributed by atoms with Crippen molar-refractivity contribution in [3.8, 4) is 0 Å². The molecule has 1 saturated carbocycles. The molecule has 0 radical (unpaired) electrons. The van der Waals surface area contributed by atoms with Crippen LogP contribution in [0.3, 0.4) is 0 Å². The second kappa shape index (κ2) is 10.9. The molecule has 5 heterocycles. The third kappa shape index (κ3) is 4.99. The first-order valence-corrected chi connectivity index (χ1v) is 14.7. The number of Topliss-reactive ketones (excluding diaryl/α,β-unsaturated/α-hetero) is 1. The minimum atomic E-state index is -0.244. The molecular formula is C30H40N8O2. The normalized spacial score (nSPS) is 20.2. The summed E-state index contributed by atoms with van der Waals surface area (Å²) >= 11 is 0. The van der Waals surface area contributed by atoms with Crippen LogP contribution in [-0.2, 0) is 0 Å². The summed E-state index contributed by atoms with van der Waals surface area (Å²) in [5, 5.41) is 7.43. The summed E-state index contributed by atoms with van der Waals surface area (Å²) in [6.45, 7) is 12.1. The minimum Gasteiger partial charge on any atom is -0.370 e. The van der Waals surface area contributed by atoms with Gasteiger partial charge in [0.05, 0.1) is 17.4 Å². The molecule has 10 nitrogen and oxygen atoms in total. The number of nitrogens with zero attached hydrogens (tertiary/aromatic N) is 6. The average molecular weight is 545 g/mol. The zero-order chi connectivity index (χ0) is 27.9. The molecule has 40 heavy (non-hydrogen) atoms. The van der Waals surface area contributed by atoms with Crippen LogP contribution in [0.2, 0.25) is 0 Å². The molecule has 2 aliphatic heterocycles. The van der Waals surface area contributed by atoms with Crippen LogP contribution >= 0.6 is 0 Å². The Morgan fingerprint density at radius 1 is 1.05 bits per heavy atom. The summed E-state index contributed by atoms with van der Waals surface area (Å²) in [6.07, 6.45) is 9.88. The van der Waals surface area contributed by atoms with E-state index < -0.39 is 0 Å². The third-order valence-corrected chi connectivity index (χ3v) is 9.32. The van der Waals surface area contributed by atoms with Crippen molar-refractivity contribution >= 4 is 34.3 Å². The minimum absolute atomic E-state index is 0.0480. The number of nitrogens with one attached hydrogen (secondary N) is 2. The first kappa shape index (κ1) is 26.8. The summed E-state index contributed by atoms with van der Waals surface area (Å²) in [5.74, 6) is 0.820. The van der Waals surface area contributed by atoms with Crippen molar-refractivity contribution in [3.05, 3.63) is 46.0 Å². The predicted molar refractivity (Wildman–Crippen MR) is 158 cm³/mol. The highest BCUT2D eigenvalue weighted by Gasteiger charge is 2.36. The van der Waals surface area contributed by atoms with Crippen LogP contribution in [0.4, 0.5) is 17.5 Å². The van der Waals surface area contributed by atoms with Gasteiger partial charge >= 0.3 is 0 Å². The smallest absolute Gasteiger partial charge is 0.263 e. The number of carbonyl (C=O) groups excluding carboxylic acids is 1. The summed E-state index contributed by atoms with van der Waals surface area (Å²) in [7, 11) is 0. The Hall–Kier alpha value is -3.37. The largest absolute Gasteiger partial charge is 0.370 e. The van der Waals surface area contributed by atoms with Gasteiger partial charge in [-0.25, -0.2) is 9.97 Å². The van der Waals surface area contributed by atoms with Crippen molar-refractivity contribution in [2.24, 2.45) is 0 Å². The van der Waals surface area contributed by atoms with Gasteiger partial charge < -0.3 is 15.5 Å². The van der Waals surface area contributed by atoms with E-state index in [4.69, 9.17) is 4.98 Å². The average Bonchev–Trinajstić information content (AvgIpc) is 3.49. The molecule has 3 aromatic heterocycles. The van der Waals surface area contributed by atoms with E-state index in [9.17, 15) is 9.59 Å². The molecule has 10 heteroatoms. The lowest BCUT2D eigenvalue weighted by Gasteiger charge is -2.48. The predicted octanol–water partition coefficient (Wildman–Crippen LogP) is 3.82. The number of hydrogen-bond acceptors (Lipinski definition) is 9. The maximum absolute atomic E-state index is 13.5. The summed E-state index contributed by atoms with van der Waals surface area (Å²) in [4.78, 5) is 44.9. The van der Waals surface area contributed by atoms with E-state index in [-0.39, 0.29) is 28.5 Å². The fourth-order valence-corrected chi connectivity index (χ4v) is 6.84. The Morgan fingerprint density at radius 2 is 1.77 bits per heavy atom. The molecule has 0 atom stereocenters. The standard InChI is InChI=1S/C30H40N8O2/c1-20-24-19-33-29(35-27(24)38(22-6-4-5-7-22)28(40)26(20)21(2)39)34-25-9-8-23(18-32-25)36-14-10-30(3,11-15-36)37-16-12-31-13-17-37/h8-9,18-19,22,31H,4-7,10-17H2,1-3H3,(H,32,33,34,35). The molecule has 3 aromatic rings. The fourth-order valence-electron chi connectivity index (χ4n) is 6.84. The molecule has 3 fully saturated rings. The van der Waals surface area contributed by atoms with Gasteiger partial charge in [0.25, 0.3) is 5.56 Å². The van der Waals surface area contributed by atoms with Crippen molar-refractivity contribution in [1.29, 1.82) is 0 Å². The number of piperazine rings is 1.